The number of anilines is 2. The molecular formula is C42H54ClN3O3. The molecule has 2 fully saturated rings. The van der Waals surface area contributed by atoms with Gasteiger partial charge in [0.25, 0.3) is 0 Å². The number of Topliss-reactive ketones (excluding diaryl/α,β-unsaturated/α-hetero) is 1. The van der Waals surface area contributed by atoms with E-state index in [0.29, 0.717) is 24.2 Å². The van der Waals surface area contributed by atoms with E-state index >= 15 is 0 Å². The highest BCUT2D eigenvalue weighted by Gasteiger charge is 2.27. The van der Waals surface area contributed by atoms with Gasteiger partial charge in [0, 0.05) is 55.9 Å². The first-order chi connectivity index (χ1) is 23.5. The van der Waals surface area contributed by atoms with E-state index in [4.69, 9.17) is 15.2 Å². The lowest BCUT2D eigenvalue weighted by Gasteiger charge is -2.38. The number of unbranched alkanes of at least 4 members (excludes halogenated alkanes) is 2. The number of nitrogens with zero attached hydrogens (tertiary/aromatic N) is 2. The summed E-state index contributed by atoms with van der Waals surface area (Å²) in [5, 5.41) is 0. The van der Waals surface area contributed by atoms with Crippen molar-refractivity contribution in [2.24, 2.45) is 17.6 Å². The third-order valence-corrected chi connectivity index (χ3v) is 9.51. The first-order valence-electron chi connectivity index (χ1n) is 18.0. The number of piperidine rings is 2. The fourth-order valence-corrected chi connectivity index (χ4v) is 6.60. The molecular weight excluding hydrogens is 630 g/mol. The van der Waals surface area contributed by atoms with Crippen molar-refractivity contribution >= 4 is 29.6 Å². The smallest absolute Gasteiger partial charge is 0.139 e. The maximum absolute atomic E-state index is 12.1. The standard InChI is InChI=1S/C21H28N2O.C21H25NO2.ClH/c1-2-3-7-17-16-23(15-14-21(17)22)18-10-12-20(13-11-18)24-19-8-5-4-6-9-19;1-2-3-7-17-16-22(15-14-21(17)23)18-10-12-20(13-11-18)24-19-8-5-4-6-9-19;/h4-6,8-13,17,21H,2-3,7,14-16,22H2,1H3;4-6,8-13,17H,2-3,7,14-16H2,1H3;1H. The van der Waals surface area contributed by atoms with Crippen LogP contribution in [0.4, 0.5) is 11.4 Å². The van der Waals surface area contributed by atoms with Gasteiger partial charge in [0.05, 0.1) is 0 Å². The van der Waals surface area contributed by atoms with Crippen LogP contribution in [-0.2, 0) is 4.79 Å². The Bertz CT molecular complexity index is 1500. The molecule has 0 amide bonds. The van der Waals surface area contributed by atoms with Crippen molar-refractivity contribution in [2.45, 2.75) is 71.3 Å². The molecule has 0 bridgehead atoms. The minimum absolute atomic E-state index is 0. The van der Waals surface area contributed by atoms with Crippen molar-refractivity contribution in [1.29, 1.82) is 0 Å². The molecule has 4 aromatic rings. The number of nitrogens with two attached hydrogens (primary N) is 1. The fraction of sp³-hybridized carbons (Fsp3) is 0.405. The zero-order valence-electron chi connectivity index (χ0n) is 29.2. The lowest BCUT2D eigenvalue weighted by atomic mass is 9.88. The van der Waals surface area contributed by atoms with Crippen LogP contribution in [-0.4, -0.2) is 38.0 Å². The molecule has 7 heteroatoms. The normalized spacial score (nSPS) is 18.9. The summed E-state index contributed by atoms with van der Waals surface area (Å²) < 4.78 is 11.7. The Balaban J connectivity index is 0.000000216. The largest absolute Gasteiger partial charge is 0.457 e. The summed E-state index contributed by atoms with van der Waals surface area (Å²) in [4.78, 5) is 16.9. The number of para-hydroxylation sites is 2. The number of hydrogen-bond acceptors (Lipinski definition) is 6. The average molecular weight is 684 g/mol. The number of halogens is 1. The van der Waals surface area contributed by atoms with Crippen LogP contribution in [0.5, 0.6) is 23.0 Å². The van der Waals surface area contributed by atoms with Gasteiger partial charge >= 0.3 is 0 Å². The molecule has 2 aliphatic rings. The molecule has 6 rings (SSSR count). The number of benzene rings is 4. The highest BCUT2D eigenvalue weighted by molar-refractivity contribution is 5.85. The van der Waals surface area contributed by atoms with Crippen molar-refractivity contribution in [3.63, 3.8) is 0 Å². The Morgan fingerprint density at radius 3 is 1.61 bits per heavy atom. The molecule has 262 valence electrons. The highest BCUT2D eigenvalue weighted by Crippen LogP contribution is 2.30. The number of hydrogen-bond donors (Lipinski definition) is 1. The fourth-order valence-electron chi connectivity index (χ4n) is 6.60. The summed E-state index contributed by atoms with van der Waals surface area (Å²) in [5.74, 6) is 4.66. The third-order valence-electron chi connectivity index (χ3n) is 9.51. The van der Waals surface area contributed by atoms with Crippen LogP contribution in [0.2, 0.25) is 0 Å². The lowest BCUT2D eigenvalue weighted by molar-refractivity contribution is -0.123. The first-order valence-corrected chi connectivity index (χ1v) is 18.0. The molecule has 2 aliphatic heterocycles. The summed E-state index contributed by atoms with van der Waals surface area (Å²) in [6.07, 6.45) is 8.80. The number of ketones is 1. The van der Waals surface area contributed by atoms with Gasteiger partial charge in [-0.15, -0.1) is 12.4 Å². The van der Waals surface area contributed by atoms with Crippen LogP contribution < -0.4 is 25.0 Å². The van der Waals surface area contributed by atoms with Crippen molar-refractivity contribution in [2.75, 3.05) is 36.0 Å². The van der Waals surface area contributed by atoms with E-state index in [1.54, 1.807) is 0 Å². The van der Waals surface area contributed by atoms with Crippen LogP contribution >= 0.6 is 12.4 Å². The summed E-state index contributed by atoms with van der Waals surface area (Å²) in [5.41, 5.74) is 8.76. The Morgan fingerprint density at radius 2 is 1.10 bits per heavy atom. The van der Waals surface area contributed by atoms with E-state index in [9.17, 15) is 4.79 Å². The number of carbonyl (C=O) groups is 1. The quantitative estimate of drug-likeness (QED) is 0.160. The molecule has 3 atom stereocenters. The molecule has 3 unspecified atom stereocenters. The third kappa shape index (κ3) is 11.5. The molecule has 4 aromatic carbocycles. The van der Waals surface area contributed by atoms with Crippen LogP contribution in [0.1, 0.15) is 65.2 Å². The predicted molar refractivity (Wildman–Crippen MR) is 206 cm³/mol. The van der Waals surface area contributed by atoms with Gasteiger partial charge in [-0.1, -0.05) is 75.9 Å². The molecule has 2 N–H and O–H groups in total. The highest BCUT2D eigenvalue weighted by atomic mass is 35.5. The maximum Gasteiger partial charge on any atom is 0.139 e. The van der Waals surface area contributed by atoms with Gasteiger partial charge in [-0.25, -0.2) is 0 Å². The zero-order valence-corrected chi connectivity index (χ0v) is 30.0. The average Bonchev–Trinajstić information content (AvgIpc) is 3.13. The van der Waals surface area contributed by atoms with E-state index < -0.39 is 0 Å². The van der Waals surface area contributed by atoms with Crippen LogP contribution in [0, 0.1) is 11.8 Å². The summed E-state index contributed by atoms with van der Waals surface area (Å²) in [6.45, 7) is 8.20. The van der Waals surface area contributed by atoms with Gasteiger partial charge in [0.2, 0.25) is 0 Å². The van der Waals surface area contributed by atoms with E-state index in [-0.39, 0.29) is 18.3 Å². The Morgan fingerprint density at radius 1 is 0.633 bits per heavy atom. The predicted octanol–water partition coefficient (Wildman–Crippen LogP) is 10.3. The van der Waals surface area contributed by atoms with E-state index in [0.717, 1.165) is 74.9 Å². The first kappa shape index (κ1) is 37.8. The van der Waals surface area contributed by atoms with Crippen LogP contribution in [0.15, 0.2) is 109 Å². The van der Waals surface area contributed by atoms with E-state index in [1.807, 2.05) is 72.8 Å². The Labute approximate surface area is 300 Å². The van der Waals surface area contributed by atoms with Crippen molar-refractivity contribution in [1.82, 2.24) is 0 Å². The lowest BCUT2D eigenvalue weighted by Crippen LogP contribution is -2.47. The summed E-state index contributed by atoms with van der Waals surface area (Å²) >= 11 is 0. The molecule has 0 saturated carbocycles. The molecule has 2 heterocycles. The molecule has 0 aliphatic carbocycles. The summed E-state index contributed by atoms with van der Waals surface area (Å²) in [6, 6.07) is 36.7. The molecule has 49 heavy (non-hydrogen) atoms. The molecule has 2 saturated heterocycles. The minimum Gasteiger partial charge on any atom is -0.457 e. The van der Waals surface area contributed by atoms with Gasteiger partial charge in [-0.05, 0) is 98.0 Å². The SMILES string of the molecule is CCCCC1CN(c2ccc(Oc3ccccc3)cc2)CCC1=O.CCCCC1CN(c2ccc(Oc3ccccc3)cc2)CCC1N.Cl. The second-order valence-electron chi connectivity index (χ2n) is 13.1. The Kier molecular flexibility index (Phi) is 15.3. The monoisotopic (exact) mass is 683 g/mol. The topological polar surface area (TPSA) is 68.0 Å². The van der Waals surface area contributed by atoms with E-state index in [1.165, 1.54) is 30.6 Å². The van der Waals surface area contributed by atoms with Crippen molar-refractivity contribution in [3.05, 3.63) is 109 Å². The van der Waals surface area contributed by atoms with Crippen molar-refractivity contribution < 1.29 is 14.3 Å². The van der Waals surface area contributed by atoms with Crippen LogP contribution in [0.3, 0.4) is 0 Å². The second-order valence-corrected chi connectivity index (χ2v) is 13.1. The maximum atomic E-state index is 12.1. The van der Waals surface area contributed by atoms with Gasteiger partial charge in [-0.2, -0.15) is 0 Å². The minimum atomic E-state index is 0. The number of ether oxygens (including phenoxy) is 2. The van der Waals surface area contributed by atoms with E-state index in [2.05, 4.69) is 60.0 Å². The number of carbonyl (C=O) groups excluding carboxylic acids is 1. The number of rotatable bonds is 12. The molecule has 6 nitrogen and oxygen atoms in total. The van der Waals surface area contributed by atoms with Crippen LogP contribution in [0.25, 0.3) is 0 Å². The Hall–Kier alpha value is -4.00. The molecule has 0 aromatic heterocycles. The zero-order chi connectivity index (χ0) is 33.6. The van der Waals surface area contributed by atoms with Gasteiger partial charge in [-0.3, -0.25) is 4.79 Å². The van der Waals surface area contributed by atoms with Gasteiger partial charge < -0.3 is 25.0 Å². The van der Waals surface area contributed by atoms with Gasteiger partial charge in [0.1, 0.15) is 28.8 Å². The van der Waals surface area contributed by atoms with Gasteiger partial charge in [0.15, 0.2) is 0 Å². The summed E-state index contributed by atoms with van der Waals surface area (Å²) in [7, 11) is 0. The second kappa shape index (κ2) is 19.9. The molecule has 0 radical (unpaired) electrons. The molecule has 0 spiro atoms. The van der Waals surface area contributed by atoms with Crippen molar-refractivity contribution in [3.8, 4) is 23.0 Å².